The van der Waals surface area contributed by atoms with Gasteiger partial charge in [-0.15, -0.1) is 0 Å². The molecule has 1 amide bonds. The Hall–Kier alpha value is -0.700. The highest BCUT2D eigenvalue weighted by Gasteiger charge is 2.23. The lowest BCUT2D eigenvalue weighted by atomic mass is 10.3. The van der Waals surface area contributed by atoms with Crippen molar-refractivity contribution in [1.82, 2.24) is 15.0 Å². The summed E-state index contributed by atoms with van der Waals surface area (Å²) in [5, 5.41) is 2.34. The van der Waals surface area contributed by atoms with Gasteiger partial charge in [0.25, 0.3) is 10.0 Å². The van der Waals surface area contributed by atoms with Crippen LogP contribution < -0.4 is 10.0 Å². The number of rotatable bonds is 4. The summed E-state index contributed by atoms with van der Waals surface area (Å²) < 4.78 is 25.7. The molecule has 1 atom stereocenters. The maximum atomic E-state index is 11.7. The van der Waals surface area contributed by atoms with Crippen molar-refractivity contribution in [3.8, 4) is 0 Å². The molecule has 0 fully saturated rings. The van der Waals surface area contributed by atoms with E-state index in [-0.39, 0.29) is 8.68 Å². The van der Waals surface area contributed by atoms with Crippen molar-refractivity contribution in [2.24, 2.45) is 0 Å². The molecular weight excluding hydrogens is 274 g/mol. The maximum Gasteiger partial charge on any atom is 0.252 e. The minimum atomic E-state index is -3.73. The first-order valence-electron chi connectivity index (χ1n) is 4.22. The zero-order valence-corrected chi connectivity index (χ0v) is 10.9. The molecule has 1 rings (SSSR count). The summed E-state index contributed by atoms with van der Waals surface area (Å²) in [5.41, 5.74) is 0. The van der Waals surface area contributed by atoms with Gasteiger partial charge in [-0.25, -0.2) is 13.4 Å². The van der Waals surface area contributed by atoms with E-state index in [1.54, 1.807) is 0 Å². The molecule has 9 heteroatoms. The summed E-state index contributed by atoms with van der Waals surface area (Å²) in [6.07, 6.45) is 1.14. The van der Waals surface area contributed by atoms with E-state index in [2.05, 4.69) is 15.0 Å². The average Bonchev–Trinajstić information content (AvgIpc) is 2.63. The van der Waals surface area contributed by atoms with Gasteiger partial charge >= 0.3 is 0 Å². The van der Waals surface area contributed by atoms with Crippen molar-refractivity contribution >= 4 is 38.9 Å². The van der Waals surface area contributed by atoms with Gasteiger partial charge in [-0.3, -0.25) is 4.79 Å². The zero-order chi connectivity index (χ0) is 12.3. The number of carbonyl (C=O) groups excluding carboxylic acids is 1. The van der Waals surface area contributed by atoms with E-state index in [4.69, 9.17) is 11.6 Å². The second-order valence-corrected chi connectivity index (χ2v) is 6.44. The molecule has 1 unspecified atom stereocenters. The van der Waals surface area contributed by atoms with E-state index in [9.17, 15) is 13.2 Å². The SMILES string of the molecule is CNC(=O)C(C)NS(=O)(=O)c1cnc(Cl)s1. The quantitative estimate of drug-likeness (QED) is 0.827. The molecule has 1 heterocycles. The number of halogens is 1. The highest BCUT2D eigenvalue weighted by Crippen LogP contribution is 2.22. The minimum absolute atomic E-state index is 0.0201. The molecule has 1 aromatic heterocycles. The average molecular weight is 284 g/mol. The topological polar surface area (TPSA) is 88.2 Å². The van der Waals surface area contributed by atoms with Crippen LogP contribution in [-0.4, -0.2) is 32.4 Å². The Morgan fingerprint density at radius 1 is 1.62 bits per heavy atom. The lowest BCUT2D eigenvalue weighted by molar-refractivity contribution is -0.121. The Kier molecular flexibility index (Phi) is 4.25. The van der Waals surface area contributed by atoms with Crippen molar-refractivity contribution in [3.05, 3.63) is 10.7 Å². The normalized spacial score (nSPS) is 13.4. The lowest BCUT2D eigenvalue weighted by Crippen LogP contribution is -2.43. The van der Waals surface area contributed by atoms with E-state index in [1.165, 1.54) is 14.0 Å². The number of nitrogens with zero attached hydrogens (tertiary/aromatic N) is 1. The van der Waals surface area contributed by atoms with Crippen LogP contribution in [0.15, 0.2) is 10.4 Å². The number of sulfonamides is 1. The Balaban J connectivity index is 2.84. The van der Waals surface area contributed by atoms with Crippen LogP contribution in [0.25, 0.3) is 0 Å². The molecule has 16 heavy (non-hydrogen) atoms. The molecule has 0 aliphatic carbocycles. The van der Waals surface area contributed by atoms with E-state index in [0.29, 0.717) is 0 Å². The number of hydrogen-bond donors (Lipinski definition) is 2. The minimum Gasteiger partial charge on any atom is -0.358 e. The number of hydrogen-bond acceptors (Lipinski definition) is 5. The molecule has 0 saturated heterocycles. The standard InChI is InChI=1S/C7H10ClN3O3S2/c1-4(6(12)9-2)11-16(13,14)5-3-10-7(8)15-5/h3-4,11H,1-2H3,(H,9,12). The Morgan fingerprint density at radius 3 is 2.69 bits per heavy atom. The van der Waals surface area contributed by atoms with Crippen molar-refractivity contribution in [2.75, 3.05) is 7.05 Å². The highest BCUT2D eigenvalue weighted by molar-refractivity contribution is 7.91. The summed E-state index contributed by atoms with van der Waals surface area (Å²) in [7, 11) is -2.31. The van der Waals surface area contributed by atoms with Crippen LogP contribution >= 0.6 is 22.9 Å². The first kappa shape index (κ1) is 13.4. The molecule has 90 valence electrons. The van der Waals surface area contributed by atoms with Crippen LogP contribution in [0.2, 0.25) is 4.47 Å². The largest absolute Gasteiger partial charge is 0.358 e. The number of carbonyl (C=O) groups is 1. The number of amides is 1. The Bertz CT molecular complexity index is 485. The third-order valence-corrected chi connectivity index (χ3v) is 4.81. The fraction of sp³-hybridized carbons (Fsp3) is 0.429. The number of likely N-dealkylation sites (N-methyl/N-ethyl adjacent to an activating group) is 1. The van der Waals surface area contributed by atoms with Crippen LogP contribution in [0.5, 0.6) is 0 Å². The van der Waals surface area contributed by atoms with Gasteiger partial charge in [0, 0.05) is 7.05 Å². The van der Waals surface area contributed by atoms with E-state index >= 15 is 0 Å². The van der Waals surface area contributed by atoms with Crippen LogP contribution in [0.3, 0.4) is 0 Å². The van der Waals surface area contributed by atoms with Crippen LogP contribution in [0, 0.1) is 0 Å². The van der Waals surface area contributed by atoms with Gasteiger partial charge in [0.15, 0.2) is 8.68 Å². The molecule has 0 aromatic carbocycles. The van der Waals surface area contributed by atoms with Crippen LogP contribution in [0.4, 0.5) is 0 Å². The third kappa shape index (κ3) is 3.14. The van der Waals surface area contributed by atoms with E-state index in [0.717, 1.165) is 17.5 Å². The molecule has 0 spiro atoms. The Morgan fingerprint density at radius 2 is 2.25 bits per heavy atom. The van der Waals surface area contributed by atoms with Crippen molar-refractivity contribution in [3.63, 3.8) is 0 Å². The predicted octanol–water partition coefficient (Wildman–Crippen LogP) is 0.209. The van der Waals surface area contributed by atoms with Gasteiger partial charge in [-0.1, -0.05) is 22.9 Å². The molecule has 0 aliphatic heterocycles. The van der Waals surface area contributed by atoms with Gasteiger partial charge in [0.2, 0.25) is 5.91 Å². The molecule has 6 nitrogen and oxygen atoms in total. The Labute approximate surface area is 102 Å². The third-order valence-electron chi connectivity index (χ3n) is 1.69. The number of aromatic nitrogens is 1. The number of thiazole rings is 1. The van der Waals surface area contributed by atoms with Crippen molar-refractivity contribution in [2.45, 2.75) is 17.2 Å². The van der Waals surface area contributed by atoms with Crippen LogP contribution in [0.1, 0.15) is 6.92 Å². The smallest absolute Gasteiger partial charge is 0.252 e. The fourth-order valence-electron chi connectivity index (χ4n) is 0.924. The van der Waals surface area contributed by atoms with Gasteiger partial charge in [-0.05, 0) is 6.92 Å². The summed E-state index contributed by atoms with van der Waals surface area (Å²) in [6, 6.07) is -0.851. The second-order valence-electron chi connectivity index (χ2n) is 2.89. The van der Waals surface area contributed by atoms with Gasteiger partial charge in [0.05, 0.1) is 12.2 Å². The molecule has 0 aliphatic rings. The van der Waals surface area contributed by atoms with E-state index < -0.39 is 22.0 Å². The predicted molar refractivity (Wildman–Crippen MR) is 61.0 cm³/mol. The first-order valence-corrected chi connectivity index (χ1v) is 6.90. The van der Waals surface area contributed by atoms with Crippen molar-refractivity contribution < 1.29 is 13.2 Å². The fourth-order valence-corrected chi connectivity index (χ4v) is 3.44. The van der Waals surface area contributed by atoms with Crippen molar-refractivity contribution in [1.29, 1.82) is 0 Å². The molecular formula is C7H10ClN3O3S2. The first-order chi connectivity index (χ1) is 7.36. The monoisotopic (exact) mass is 283 g/mol. The van der Waals surface area contributed by atoms with E-state index in [1.807, 2.05) is 0 Å². The summed E-state index contributed by atoms with van der Waals surface area (Å²) >= 11 is 6.36. The molecule has 0 bridgehead atoms. The maximum absolute atomic E-state index is 11.7. The van der Waals surface area contributed by atoms with Gasteiger partial charge < -0.3 is 5.32 Å². The van der Waals surface area contributed by atoms with Crippen LogP contribution in [-0.2, 0) is 14.8 Å². The summed E-state index contributed by atoms with van der Waals surface area (Å²) in [4.78, 5) is 14.8. The summed E-state index contributed by atoms with van der Waals surface area (Å²) in [6.45, 7) is 1.44. The lowest BCUT2D eigenvalue weighted by Gasteiger charge is -2.10. The van der Waals surface area contributed by atoms with Gasteiger partial charge in [-0.2, -0.15) is 4.72 Å². The highest BCUT2D eigenvalue weighted by atomic mass is 35.5. The second kappa shape index (κ2) is 5.09. The molecule has 1 aromatic rings. The molecule has 2 N–H and O–H groups in total. The van der Waals surface area contributed by atoms with Gasteiger partial charge in [0.1, 0.15) is 0 Å². The molecule has 0 saturated carbocycles. The summed E-state index contributed by atoms with van der Waals surface area (Å²) in [5.74, 6) is -0.417. The molecule has 0 radical (unpaired) electrons. The number of nitrogens with one attached hydrogen (secondary N) is 2. The zero-order valence-electron chi connectivity index (χ0n) is 8.52.